The highest BCUT2D eigenvalue weighted by atomic mass is 16.6. The molecule has 0 unspecified atom stereocenters. The van der Waals surface area contributed by atoms with Gasteiger partial charge in [0.15, 0.2) is 0 Å². The SMILES string of the molecule is CCOC(=O)N1CCC(NC(=O)N(CC)c2ccccc2)CC1. The Bertz CT molecular complexity index is 513. The minimum absolute atomic E-state index is 0.0888. The molecule has 0 aliphatic carbocycles. The van der Waals surface area contributed by atoms with Crippen molar-refractivity contribution < 1.29 is 14.3 Å². The summed E-state index contributed by atoms with van der Waals surface area (Å²) in [6.07, 6.45) is 1.23. The molecule has 1 heterocycles. The van der Waals surface area contributed by atoms with Gasteiger partial charge in [0.1, 0.15) is 0 Å². The molecule has 0 bridgehead atoms. The molecule has 1 aliphatic rings. The van der Waals surface area contributed by atoms with Gasteiger partial charge in [-0.1, -0.05) is 18.2 Å². The molecule has 0 spiro atoms. The number of amides is 3. The summed E-state index contributed by atoms with van der Waals surface area (Å²) < 4.78 is 5.00. The summed E-state index contributed by atoms with van der Waals surface area (Å²) in [7, 11) is 0. The first-order valence-corrected chi connectivity index (χ1v) is 8.20. The van der Waals surface area contributed by atoms with Crippen LogP contribution in [0.2, 0.25) is 0 Å². The molecule has 0 saturated carbocycles. The number of carbonyl (C=O) groups excluding carboxylic acids is 2. The number of para-hydroxylation sites is 1. The van der Waals surface area contributed by atoms with Crippen molar-refractivity contribution in [2.45, 2.75) is 32.7 Å². The molecule has 23 heavy (non-hydrogen) atoms. The topological polar surface area (TPSA) is 61.9 Å². The van der Waals surface area contributed by atoms with Crippen molar-refractivity contribution in [1.82, 2.24) is 10.2 Å². The molecule has 1 saturated heterocycles. The van der Waals surface area contributed by atoms with Crippen LogP contribution in [0.5, 0.6) is 0 Å². The summed E-state index contributed by atoms with van der Waals surface area (Å²) in [6, 6.07) is 9.62. The highest BCUT2D eigenvalue weighted by molar-refractivity contribution is 5.92. The van der Waals surface area contributed by atoms with Gasteiger partial charge >= 0.3 is 12.1 Å². The van der Waals surface area contributed by atoms with Crippen molar-refractivity contribution in [3.8, 4) is 0 Å². The van der Waals surface area contributed by atoms with Crippen molar-refractivity contribution in [1.29, 1.82) is 0 Å². The minimum atomic E-state index is -0.267. The number of hydrogen-bond donors (Lipinski definition) is 1. The fourth-order valence-electron chi connectivity index (χ4n) is 2.73. The average molecular weight is 319 g/mol. The third-order valence-corrected chi connectivity index (χ3v) is 3.98. The van der Waals surface area contributed by atoms with Crippen LogP contribution in [-0.2, 0) is 4.74 Å². The van der Waals surface area contributed by atoms with Crippen LogP contribution in [0.25, 0.3) is 0 Å². The molecule has 1 aromatic carbocycles. The lowest BCUT2D eigenvalue weighted by Gasteiger charge is -2.33. The third kappa shape index (κ3) is 4.61. The van der Waals surface area contributed by atoms with Gasteiger partial charge in [-0.2, -0.15) is 0 Å². The number of hydrogen-bond acceptors (Lipinski definition) is 3. The van der Waals surface area contributed by atoms with Crippen LogP contribution >= 0.6 is 0 Å². The number of piperidine rings is 1. The summed E-state index contributed by atoms with van der Waals surface area (Å²) in [4.78, 5) is 27.6. The quantitative estimate of drug-likeness (QED) is 0.928. The van der Waals surface area contributed by atoms with Crippen LogP contribution in [0.4, 0.5) is 15.3 Å². The maximum absolute atomic E-state index is 12.5. The maximum Gasteiger partial charge on any atom is 0.409 e. The lowest BCUT2D eigenvalue weighted by molar-refractivity contribution is 0.0958. The Balaban J connectivity index is 1.85. The van der Waals surface area contributed by atoms with Crippen LogP contribution in [0, 0.1) is 0 Å². The van der Waals surface area contributed by atoms with E-state index in [1.165, 1.54) is 0 Å². The Morgan fingerprint density at radius 1 is 1.22 bits per heavy atom. The minimum Gasteiger partial charge on any atom is -0.450 e. The Morgan fingerprint density at radius 2 is 1.87 bits per heavy atom. The molecule has 1 aliphatic heterocycles. The molecule has 0 aromatic heterocycles. The van der Waals surface area contributed by atoms with Gasteiger partial charge in [-0.3, -0.25) is 4.90 Å². The molecule has 6 heteroatoms. The van der Waals surface area contributed by atoms with Crippen LogP contribution < -0.4 is 10.2 Å². The fourth-order valence-corrected chi connectivity index (χ4v) is 2.73. The van der Waals surface area contributed by atoms with E-state index in [1.807, 2.05) is 37.3 Å². The molecule has 3 amide bonds. The number of urea groups is 1. The Morgan fingerprint density at radius 3 is 2.43 bits per heavy atom. The molecule has 1 aromatic rings. The van der Waals surface area contributed by atoms with Crippen molar-refractivity contribution in [3.63, 3.8) is 0 Å². The standard InChI is InChI=1S/C17H25N3O3/c1-3-20(15-8-6-5-7-9-15)16(21)18-14-10-12-19(13-11-14)17(22)23-4-2/h5-9,14H,3-4,10-13H2,1-2H3,(H,18,21). The molecular weight excluding hydrogens is 294 g/mol. The van der Waals surface area contributed by atoms with Gasteiger partial charge in [0.05, 0.1) is 6.61 Å². The lowest BCUT2D eigenvalue weighted by atomic mass is 10.1. The number of anilines is 1. The van der Waals surface area contributed by atoms with Gasteiger partial charge in [-0.05, 0) is 38.8 Å². The molecule has 1 N–H and O–H groups in total. The van der Waals surface area contributed by atoms with Crippen molar-refractivity contribution in [2.24, 2.45) is 0 Å². The van der Waals surface area contributed by atoms with Crippen LogP contribution in [-0.4, -0.2) is 49.3 Å². The summed E-state index contributed by atoms with van der Waals surface area (Å²) in [5.41, 5.74) is 0.886. The molecule has 1 fully saturated rings. The van der Waals surface area contributed by atoms with E-state index in [2.05, 4.69) is 5.32 Å². The summed E-state index contributed by atoms with van der Waals surface area (Å²) in [5.74, 6) is 0. The van der Waals surface area contributed by atoms with Crippen LogP contribution in [0.1, 0.15) is 26.7 Å². The summed E-state index contributed by atoms with van der Waals surface area (Å²) in [6.45, 7) is 5.97. The van der Waals surface area contributed by atoms with Gasteiger partial charge in [0, 0.05) is 31.4 Å². The third-order valence-electron chi connectivity index (χ3n) is 3.98. The molecular formula is C17H25N3O3. The van der Waals surface area contributed by atoms with E-state index in [1.54, 1.807) is 16.7 Å². The van der Waals surface area contributed by atoms with Gasteiger partial charge in [-0.25, -0.2) is 9.59 Å². The lowest BCUT2D eigenvalue weighted by Crippen LogP contribution is -2.50. The molecule has 0 radical (unpaired) electrons. The molecule has 126 valence electrons. The predicted octanol–water partition coefficient (Wildman–Crippen LogP) is 2.84. The van der Waals surface area contributed by atoms with Gasteiger partial charge < -0.3 is 15.0 Å². The second-order valence-corrected chi connectivity index (χ2v) is 5.49. The molecule has 6 nitrogen and oxygen atoms in total. The predicted molar refractivity (Wildman–Crippen MR) is 89.6 cm³/mol. The fraction of sp³-hybridized carbons (Fsp3) is 0.529. The first-order valence-electron chi connectivity index (χ1n) is 8.20. The van der Waals surface area contributed by atoms with E-state index < -0.39 is 0 Å². The van der Waals surface area contributed by atoms with E-state index in [4.69, 9.17) is 4.74 Å². The second-order valence-electron chi connectivity index (χ2n) is 5.49. The zero-order chi connectivity index (χ0) is 16.7. The molecule has 2 rings (SSSR count). The monoisotopic (exact) mass is 319 g/mol. The average Bonchev–Trinajstić information content (AvgIpc) is 2.57. The highest BCUT2D eigenvalue weighted by Gasteiger charge is 2.25. The van der Waals surface area contributed by atoms with E-state index in [0.29, 0.717) is 26.2 Å². The second kappa shape index (κ2) is 8.41. The van der Waals surface area contributed by atoms with Gasteiger partial charge in [0.25, 0.3) is 0 Å². The van der Waals surface area contributed by atoms with E-state index in [0.717, 1.165) is 18.5 Å². The Labute approximate surface area is 137 Å². The first kappa shape index (κ1) is 17.1. The number of nitrogens with one attached hydrogen (secondary N) is 1. The van der Waals surface area contributed by atoms with Gasteiger partial charge in [0.2, 0.25) is 0 Å². The number of benzene rings is 1. The number of likely N-dealkylation sites (tertiary alicyclic amines) is 1. The van der Waals surface area contributed by atoms with E-state index >= 15 is 0 Å². The normalized spacial score (nSPS) is 15.1. The van der Waals surface area contributed by atoms with Crippen molar-refractivity contribution in [2.75, 3.05) is 31.1 Å². The van der Waals surface area contributed by atoms with Crippen molar-refractivity contribution in [3.05, 3.63) is 30.3 Å². The summed E-state index contributed by atoms with van der Waals surface area (Å²) in [5, 5.41) is 3.07. The Hall–Kier alpha value is -2.24. The Kier molecular flexibility index (Phi) is 6.26. The smallest absolute Gasteiger partial charge is 0.409 e. The summed E-state index contributed by atoms with van der Waals surface area (Å²) >= 11 is 0. The first-order chi connectivity index (χ1) is 11.2. The highest BCUT2D eigenvalue weighted by Crippen LogP contribution is 2.15. The van der Waals surface area contributed by atoms with Gasteiger partial charge in [-0.15, -0.1) is 0 Å². The molecule has 0 atom stereocenters. The van der Waals surface area contributed by atoms with Crippen molar-refractivity contribution >= 4 is 17.8 Å². The number of ether oxygens (including phenoxy) is 1. The van der Waals surface area contributed by atoms with E-state index in [9.17, 15) is 9.59 Å². The zero-order valence-electron chi connectivity index (χ0n) is 13.8. The maximum atomic E-state index is 12.5. The number of carbonyl (C=O) groups is 2. The van der Waals surface area contributed by atoms with Crippen LogP contribution in [0.15, 0.2) is 30.3 Å². The van der Waals surface area contributed by atoms with Crippen LogP contribution in [0.3, 0.4) is 0 Å². The van der Waals surface area contributed by atoms with E-state index in [-0.39, 0.29) is 18.2 Å². The zero-order valence-corrected chi connectivity index (χ0v) is 13.8. The number of rotatable bonds is 4. The largest absolute Gasteiger partial charge is 0.450 e. The number of nitrogens with zero attached hydrogens (tertiary/aromatic N) is 2.